The van der Waals surface area contributed by atoms with E-state index in [0.717, 1.165) is 17.6 Å². The van der Waals surface area contributed by atoms with E-state index in [2.05, 4.69) is 23.2 Å². The van der Waals surface area contributed by atoms with Gasteiger partial charge in [0.1, 0.15) is 5.75 Å². The van der Waals surface area contributed by atoms with Gasteiger partial charge < -0.3 is 10.1 Å². The normalized spacial score (nSPS) is 12.8. The van der Waals surface area contributed by atoms with E-state index in [4.69, 9.17) is 11.6 Å². The predicted molar refractivity (Wildman–Crippen MR) is 114 cm³/mol. The highest BCUT2D eigenvalue weighted by atomic mass is 35.5. The van der Waals surface area contributed by atoms with Gasteiger partial charge in [0.25, 0.3) is 5.56 Å². The number of halogens is 1. The second-order valence-corrected chi connectivity index (χ2v) is 7.36. The van der Waals surface area contributed by atoms with E-state index in [1.165, 1.54) is 11.1 Å². The van der Waals surface area contributed by atoms with Crippen LogP contribution in [0.1, 0.15) is 16.7 Å². The minimum absolute atomic E-state index is 0.0339. The number of hydrogen-bond donors (Lipinski definition) is 2. The molecule has 1 heterocycles. The molecule has 5 rings (SSSR count). The summed E-state index contributed by atoms with van der Waals surface area (Å²) in [5.74, 6) is -0.0339. The average molecular weight is 386 g/mol. The minimum Gasteiger partial charge on any atom is -0.506 e. The zero-order valence-corrected chi connectivity index (χ0v) is 15.6. The molecule has 4 aromatic rings. The topological polar surface area (TPSA) is 53.1 Å². The molecule has 3 aromatic carbocycles. The third-order valence-corrected chi connectivity index (χ3v) is 5.48. The molecule has 136 valence electrons. The van der Waals surface area contributed by atoms with Crippen LogP contribution in [0.4, 0.5) is 0 Å². The standard InChI is InChI=1S/C24H16ClNO2/c25-17-9-11-20-21(13-17)26-24(28)22(23(20)27)16-6-3-5-15(12-16)19-10-8-14-4-1-2-7-18(14)19/h1-7,9-13H,8H2,(H2,26,27,28). The Morgan fingerprint density at radius 1 is 0.929 bits per heavy atom. The number of aromatic hydroxyl groups is 1. The van der Waals surface area contributed by atoms with Gasteiger partial charge in [-0.15, -0.1) is 0 Å². The van der Waals surface area contributed by atoms with Crippen molar-refractivity contribution in [1.29, 1.82) is 0 Å². The Morgan fingerprint density at radius 3 is 2.64 bits per heavy atom. The number of hydrogen-bond acceptors (Lipinski definition) is 2. The second kappa shape index (κ2) is 6.39. The summed E-state index contributed by atoms with van der Waals surface area (Å²) < 4.78 is 0. The van der Waals surface area contributed by atoms with Crippen LogP contribution < -0.4 is 5.56 Å². The van der Waals surface area contributed by atoms with Crippen molar-refractivity contribution in [3.05, 3.63) is 105 Å². The first kappa shape index (κ1) is 16.8. The van der Waals surface area contributed by atoms with Crippen LogP contribution in [0.25, 0.3) is 27.6 Å². The number of pyridine rings is 1. The summed E-state index contributed by atoms with van der Waals surface area (Å²) in [6, 6.07) is 21.1. The van der Waals surface area contributed by atoms with E-state index in [1.807, 2.05) is 36.4 Å². The molecule has 4 heteroatoms. The summed E-state index contributed by atoms with van der Waals surface area (Å²) in [5.41, 5.74) is 5.81. The number of aromatic nitrogens is 1. The average Bonchev–Trinajstić information content (AvgIpc) is 3.12. The van der Waals surface area contributed by atoms with E-state index in [-0.39, 0.29) is 16.9 Å². The summed E-state index contributed by atoms with van der Waals surface area (Å²) >= 11 is 6.00. The molecular weight excluding hydrogens is 370 g/mol. The van der Waals surface area contributed by atoms with Crippen molar-refractivity contribution in [2.45, 2.75) is 6.42 Å². The van der Waals surface area contributed by atoms with Gasteiger partial charge in [0.05, 0.1) is 11.1 Å². The van der Waals surface area contributed by atoms with Gasteiger partial charge in [-0.05, 0) is 58.5 Å². The number of rotatable bonds is 2. The number of nitrogens with one attached hydrogen (secondary N) is 1. The van der Waals surface area contributed by atoms with Crippen LogP contribution in [-0.4, -0.2) is 10.1 Å². The monoisotopic (exact) mass is 385 g/mol. The van der Waals surface area contributed by atoms with Crippen LogP contribution in [0.3, 0.4) is 0 Å². The highest BCUT2D eigenvalue weighted by molar-refractivity contribution is 6.31. The van der Waals surface area contributed by atoms with Gasteiger partial charge in [0.2, 0.25) is 0 Å². The van der Waals surface area contributed by atoms with Crippen LogP contribution in [0, 0.1) is 0 Å². The van der Waals surface area contributed by atoms with Gasteiger partial charge in [-0.25, -0.2) is 0 Å². The maximum absolute atomic E-state index is 12.7. The number of H-pyrrole nitrogens is 1. The van der Waals surface area contributed by atoms with E-state index in [0.29, 0.717) is 21.5 Å². The predicted octanol–water partition coefficient (Wildman–Crippen LogP) is 5.54. The van der Waals surface area contributed by atoms with Crippen molar-refractivity contribution in [1.82, 2.24) is 4.98 Å². The lowest BCUT2D eigenvalue weighted by atomic mass is 9.95. The molecule has 0 saturated carbocycles. The van der Waals surface area contributed by atoms with Crippen molar-refractivity contribution in [2.24, 2.45) is 0 Å². The van der Waals surface area contributed by atoms with Gasteiger partial charge in [-0.3, -0.25) is 4.79 Å². The molecule has 0 atom stereocenters. The van der Waals surface area contributed by atoms with Gasteiger partial charge in [-0.2, -0.15) is 0 Å². The minimum atomic E-state index is -0.342. The van der Waals surface area contributed by atoms with Crippen LogP contribution in [0.15, 0.2) is 77.6 Å². The molecule has 2 N–H and O–H groups in total. The first-order chi connectivity index (χ1) is 13.6. The number of allylic oxidation sites excluding steroid dienone is 1. The molecule has 0 unspecified atom stereocenters. The largest absolute Gasteiger partial charge is 0.506 e. The number of benzene rings is 3. The Kier molecular flexibility index (Phi) is 3.85. The Balaban J connectivity index is 1.67. The molecule has 1 aliphatic rings. The maximum Gasteiger partial charge on any atom is 0.260 e. The lowest BCUT2D eigenvalue weighted by Crippen LogP contribution is -2.09. The van der Waals surface area contributed by atoms with Crippen LogP contribution in [0.5, 0.6) is 5.75 Å². The van der Waals surface area contributed by atoms with Gasteiger partial charge >= 0.3 is 0 Å². The summed E-state index contributed by atoms with van der Waals surface area (Å²) in [4.78, 5) is 15.6. The summed E-state index contributed by atoms with van der Waals surface area (Å²) in [6.45, 7) is 0. The maximum atomic E-state index is 12.7. The summed E-state index contributed by atoms with van der Waals surface area (Å²) in [6.07, 6.45) is 3.11. The van der Waals surface area contributed by atoms with Crippen molar-refractivity contribution in [3.8, 4) is 16.9 Å². The molecule has 0 aliphatic heterocycles. The molecule has 0 radical (unpaired) electrons. The fraction of sp³-hybridized carbons (Fsp3) is 0.0417. The first-order valence-corrected chi connectivity index (χ1v) is 9.43. The highest BCUT2D eigenvalue weighted by Gasteiger charge is 2.18. The SMILES string of the molecule is O=c1[nH]c2cc(Cl)ccc2c(O)c1-c1cccc(C2=CCc3ccccc32)c1. The Morgan fingerprint density at radius 2 is 1.75 bits per heavy atom. The zero-order chi connectivity index (χ0) is 19.3. The van der Waals surface area contributed by atoms with E-state index < -0.39 is 0 Å². The van der Waals surface area contributed by atoms with Crippen LogP contribution in [-0.2, 0) is 6.42 Å². The number of aromatic amines is 1. The molecule has 0 fully saturated rings. The quantitative estimate of drug-likeness (QED) is 0.476. The van der Waals surface area contributed by atoms with E-state index in [9.17, 15) is 9.90 Å². The Labute approximate surface area is 166 Å². The van der Waals surface area contributed by atoms with Gasteiger partial charge in [-0.1, -0.05) is 60.1 Å². The third kappa shape index (κ3) is 2.63. The fourth-order valence-electron chi connectivity index (χ4n) is 3.92. The summed E-state index contributed by atoms with van der Waals surface area (Å²) in [7, 11) is 0. The molecule has 3 nitrogen and oxygen atoms in total. The van der Waals surface area contributed by atoms with Gasteiger partial charge in [0, 0.05) is 10.4 Å². The third-order valence-electron chi connectivity index (χ3n) is 5.24. The van der Waals surface area contributed by atoms with Crippen molar-refractivity contribution >= 4 is 28.1 Å². The highest BCUT2D eigenvalue weighted by Crippen LogP contribution is 2.37. The van der Waals surface area contributed by atoms with E-state index in [1.54, 1.807) is 18.2 Å². The molecule has 1 aromatic heterocycles. The van der Waals surface area contributed by atoms with Crippen LogP contribution >= 0.6 is 11.6 Å². The molecule has 0 spiro atoms. The lowest BCUT2D eigenvalue weighted by Gasteiger charge is -2.11. The first-order valence-electron chi connectivity index (χ1n) is 9.05. The molecule has 28 heavy (non-hydrogen) atoms. The number of fused-ring (bicyclic) bond motifs is 2. The van der Waals surface area contributed by atoms with Crippen LogP contribution in [0.2, 0.25) is 5.02 Å². The molecular formula is C24H16ClNO2. The second-order valence-electron chi connectivity index (χ2n) is 6.93. The molecule has 0 bridgehead atoms. The fourth-order valence-corrected chi connectivity index (χ4v) is 4.09. The molecule has 1 aliphatic carbocycles. The molecule has 0 saturated heterocycles. The smallest absolute Gasteiger partial charge is 0.260 e. The van der Waals surface area contributed by atoms with Gasteiger partial charge in [0.15, 0.2) is 0 Å². The van der Waals surface area contributed by atoms with Crippen molar-refractivity contribution < 1.29 is 5.11 Å². The zero-order valence-electron chi connectivity index (χ0n) is 14.9. The lowest BCUT2D eigenvalue weighted by molar-refractivity contribution is 0.482. The Hall–Kier alpha value is -3.30. The summed E-state index contributed by atoms with van der Waals surface area (Å²) in [5, 5.41) is 11.9. The Bertz CT molecular complexity index is 1330. The van der Waals surface area contributed by atoms with Crippen molar-refractivity contribution in [2.75, 3.05) is 0 Å². The molecule has 0 amide bonds. The van der Waals surface area contributed by atoms with Crippen molar-refractivity contribution in [3.63, 3.8) is 0 Å². The van der Waals surface area contributed by atoms with E-state index >= 15 is 0 Å².